The van der Waals surface area contributed by atoms with Crippen molar-refractivity contribution in [3.63, 3.8) is 0 Å². The first-order valence-corrected chi connectivity index (χ1v) is 12.5. The lowest BCUT2D eigenvalue weighted by Crippen LogP contribution is -2.39. The number of hydrogen-bond donors (Lipinski definition) is 0. The average molecular weight is 501 g/mol. The first kappa shape index (κ1) is 23.6. The Kier molecular flexibility index (Phi) is 6.12. The molecule has 0 aliphatic carbocycles. The summed E-state index contributed by atoms with van der Waals surface area (Å²) in [6, 6.07) is 15.5. The molecule has 1 aromatic heterocycles. The fourth-order valence-corrected chi connectivity index (χ4v) is 5.80. The quantitative estimate of drug-likeness (QED) is 0.339. The van der Waals surface area contributed by atoms with Crippen LogP contribution in [0.25, 0.3) is 11.0 Å². The molecule has 4 aromatic rings. The van der Waals surface area contributed by atoms with E-state index in [0.29, 0.717) is 36.0 Å². The number of aromatic nitrogens is 2. The number of hydrogen-bond acceptors (Lipinski definition) is 6. The third-order valence-corrected chi connectivity index (χ3v) is 7.46. The van der Waals surface area contributed by atoms with Gasteiger partial charge < -0.3 is 4.90 Å². The average Bonchev–Trinajstić information content (AvgIpc) is 3.52. The Bertz CT molecular complexity index is 1510. The van der Waals surface area contributed by atoms with Crippen molar-refractivity contribution >= 4 is 22.5 Å². The molecule has 3 aromatic carbocycles. The molecule has 0 radical (unpaired) electrons. The van der Waals surface area contributed by atoms with Crippen molar-refractivity contribution < 1.29 is 18.2 Å². The van der Waals surface area contributed by atoms with E-state index >= 15 is 0 Å². The maximum Gasteiger partial charge on any atom is 0.163 e. The highest BCUT2D eigenvalue weighted by molar-refractivity contribution is 6.17. The predicted octanol–water partition coefficient (Wildman–Crippen LogP) is 5.24. The Morgan fingerprint density at radius 1 is 1.00 bits per heavy atom. The molecule has 6 nitrogen and oxygen atoms in total. The molecule has 0 bridgehead atoms. The SMILES string of the molecule is CN1C[C@H](CC(=O)c2ccc3c(c2)C(c2ccc4nonc4c2)=NC3)C[C@@H](Cc2c(F)cccc2F)C1. The summed E-state index contributed by atoms with van der Waals surface area (Å²) in [4.78, 5) is 20.2. The lowest BCUT2D eigenvalue weighted by atomic mass is 9.82. The standard InChI is InChI=1S/C29H26F2N4O2/c1-35-15-17(10-23-24(30)3-2-4-25(23)31)9-18(16-35)11-28(36)19-5-6-21-14-32-29(22(21)12-19)20-7-8-26-27(13-20)34-37-33-26/h2-8,12-13,17-18H,9-11,14-16H2,1H3/t17-,18-/m0/s1. The molecule has 2 aliphatic rings. The Hall–Kier alpha value is -3.78. The van der Waals surface area contributed by atoms with Crippen LogP contribution in [0.5, 0.6) is 0 Å². The van der Waals surface area contributed by atoms with E-state index in [9.17, 15) is 13.6 Å². The number of fused-ring (bicyclic) bond motifs is 2. The van der Waals surface area contributed by atoms with Crippen LogP contribution in [0, 0.1) is 23.5 Å². The van der Waals surface area contributed by atoms with Gasteiger partial charge >= 0.3 is 0 Å². The van der Waals surface area contributed by atoms with Gasteiger partial charge in [-0.15, -0.1) is 0 Å². The molecule has 188 valence electrons. The van der Waals surface area contributed by atoms with Crippen LogP contribution >= 0.6 is 0 Å². The highest BCUT2D eigenvalue weighted by Crippen LogP contribution is 2.30. The van der Waals surface area contributed by atoms with Gasteiger partial charge in [-0.1, -0.05) is 24.3 Å². The minimum atomic E-state index is -0.504. The largest absolute Gasteiger partial charge is 0.306 e. The first-order chi connectivity index (χ1) is 17.9. The Labute approximate surface area is 213 Å². The Morgan fingerprint density at radius 3 is 2.62 bits per heavy atom. The van der Waals surface area contributed by atoms with E-state index in [-0.39, 0.29) is 23.2 Å². The van der Waals surface area contributed by atoms with Gasteiger partial charge in [-0.2, -0.15) is 0 Å². The second kappa shape index (κ2) is 9.59. The van der Waals surface area contributed by atoms with Gasteiger partial charge in [0.25, 0.3) is 0 Å². The molecule has 0 N–H and O–H groups in total. The molecule has 0 spiro atoms. The number of Topliss-reactive ketones (excluding diaryl/α,β-unsaturated/α-hetero) is 1. The number of halogens is 2. The summed E-state index contributed by atoms with van der Waals surface area (Å²) >= 11 is 0. The van der Waals surface area contributed by atoms with Gasteiger partial charge in [0.15, 0.2) is 5.78 Å². The van der Waals surface area contributed by atoms with E-state index in [1.807, 2.05) is 43.4 Å². The molecule has 0 amide bonds. The van der Waals surface area contributed by atoms with Crippen LogP contribution in [0.15, 0.2) is 64.2 Å². The fourth-order valence-electron chi connectivity index (χ4n) is 5.80. The van der Waals surface area contributed by atoms with Crippen LogP contribution in [0.4, 0.5) is 8.78 Å². The van der Waals surface area contributed by atoms with Crippen molar-refractivity contribution in [2.75, 3.05) is 20.1 Å². The first-order valence-electron chi connectivity index (χ1n) is 12.5. The highest BCUT2D eigenvalue weighted by Gasteiger charge is 2.29. The molecule has 1 saturated heterocycles. The number of piperidine rings is 1. The van der Waals surface area contributed by atoms with Gasteiger partial charge in [0.05, 0.1) is 12.3 Å². The van der Waals surface area contributed by atoms with Crippen LogP contribution in [-0.2, 0) is 13.0 Å². The van der Waals surface area contributed by atoms with E-state index in [1.165, 1.54) is 18.2 Å². The normalized spacial score (nSPS) is 19.7. The molecule has 2 atom stereocenters. The minimum Gasteiger partial charge on any atom is -0.306 e. The second-order valence-electron chi connectivity index (χ2n) is 10.2. The van der Waals surface area contributed by atoms with Crippen molar-refractivity contribution in [1.82, 2.24) is 15.2 Å². The topological polar surface area (TPSA) is 71.6 Å². The molecule has 0 unspecified atom stereocenters. The fraction of sp³-hybridized carbons (Fsp3) is 0.310. The zero-order valence-electron chi connectivity index (χ0n) is 20.5. The minimum absolute atomic E-state index is 0.0707. The number of rotatable bonds is 6. The smallest absolute Gasteiger partial charge is 0.163 e. The molecule has 0 saturated carbocycles. The third kappa shape index (κ3) is 4.69. The van der Waals surface area contributed by atoms with E-state index in [4.69, 9.17) is 9.62 Å². The summed E-state index contributed by atoms with van der Waals surface area (Å²) in [5.41, 5.74) is 5.90. The molecule has 37 heavy (non-hydrogen) atoms. The zero-order valence-corrected chi connectivity index (χ0v) is 20.5. The molecule has 2 aliphatic heterocycles. The van der Waals surface area contributed by atoms with Crippen molar-refractivity contribution in [3.8, 4) is 0 Å². The molecule has 1 fully saturated rings. The zero-order chi connectivity index (χ0) is 25.5. The number of likely N-dealkylation sites (tertiary alicyclic amines) is 1. The molecule has 6 rings (SSSR count). The number of carbonyl (C=O) groups excluding carboxylic acids is 1. The Balaban J connectivity index is 1.18. The van der Waals surface area contributed by atoms with Crippen LogP contribution < -0.4 is 0 Å². The van der Waals surface area contributed by atoms with Gasteiger partial charge in [0, 0.05) is 41.8 Å². The molecule has 8 heteroatoms. The number of aliphatic imine (C=N–C) groups is 1. The van der Waals surface area contributed by atoms with Crippen molar-refractivity contribution in [2.24, 2.45) is 16.8 Å². The van der Waals surface area contributed by atoms with E-state index in [2.05, 4.69) is 15.2 Å². The van der Waals surface area contributed by atoms with Gasteiger partial charge in [0.1, 0.15) is 22.7 Å². The highest BCUT2D eigenvalue weighted by atomic mass is 19.1. The number of carbonyl (C=O) groups is 1. The van der Waals surface area contributed by atoms with Crippen molar-refractivity contribution in [1.29, 1.82) is 0 Å². The lowest BCUT2D eigenvalue weighted by Gasteiger charge is -2.35. The monoisotopic (exact) mass is 500 g/mol. The van der Waals surface area contributed by atoms with Crippen molar-refractivity contribution in [3.05, 3.63) is 94.0 Å². The van der Waals surface area contributed by atoms with Gasteiger partial charge in [-0.25, -0.2) is 13.4 Å². The Morgan fingerprint density at radius 2 is 1.78 bits per heavy atom. The van der Waals surface area contributed by atoms with Crippen LogP contribution in [0.1, 0.15) is 45.5 Å². The lowest BCUT2D eigenvalue weighted by molar-refractivity contribution is 0.0892. The van der Waals surface area contributed by atoms with E-state index < -0.39 is 11.6 Å². The summed E-state index contributed by atoms with van der Waals surface area (Å²) in [7, 11) is 2.00. The molecular formula is C29H26F2N4O2. The van der Waals surface area contributed by atoms with Crippen LogP contribution in [0.3, 0.4) is 0 Å². The number of benzene rings is 3. The summed E-state index contributed by atoms with van der Waals surface area (Å²) < 4.78 is 33.3. The van der Waals surface area contributed by atoms with Crippen molar-refractivity contribution in [2.45, 2.75) is 25.8 Å². The summed E-state index contributed by atoms with van der Waals surface area (Å²) in [5.74, 6) is -0.732. The maximum atomic E-state index is 14.2. The third-order valence-electron chi connectivity index (χ3n) is 7.46. The summed E-state index contributed by atoms with van der Waals surface area (Å²) in [6.07, 6.45) is 1.48. The molecule has 3 heterocycles. The van der Waals surface area contributed by atoms with E-state index in [0.717, 1.165) is 41.9 Å². The predicted molar refractivity (Wildman–Crippen MR) is 136 cm³/mol. The summed E-state index contributed by atoms with van der Waals surface area (Å²) in [6.45, 7) is 2.10. The van der Waals surface area contributed by atoms with E-state index in [1.54, 1.807) is 0 Å². The van der Waals surface area contributed by atoms with Gasteiger partial charge in [-0.05, 0) is 77.9 Å². The summed E-state index contributed by atoms with van der Waals surface area (Å²) in [5, 5.41) is 7.78. The molecular weight excluding hydrogens is 474 g/mol. The maximum absolute atomic E-state index is 14.2. The van der Waals surface area contributed by atoms with Gasteiger partial charge in [-0.3, -0.25) is 9.79 Å². The number of nitrogens with zero attached hydrogens (tertiary/aromatic N) is 4. The van der Waals surface area contributed by atoms with Crippen LogP contribution in [-0.4, -0.2) is 46.8 Å². The van der Waals surface area contributed by atoms with Gasteiger partial charge in [0.2, 0.25) is 0 Å². The number of ketones is 1. The van der Waals surface area contributed by atoms with Crippen LogP contribution in [0.2, 0.25) is 0 Å². The second-order valence-corrected chi connectivity index (χ2v) is 10.2.